The van der Waals surface area contributed by atoms with E-state index in [4.69, 9.17) is 9.84 Å². The molecule has 3 aromatic heterocycles. The number of aromatic carboxylic acids is 1. The first-order chi connectivity index (χ1) is 14.7. The van der Waals surface area contributed by atoms with E-state index in [0.717, 1.165) is 42.9 Å². The second-order valence-corrected chi connectivity index (χ2v) is 7.19. The molecule has 0 amide bonds. The van der Waals surface area contributed by atoms with Crippen molar-refractivity contribution in [2.75, 3.05) is 18.5 Å². The van der Waals surface area contributed by atoms with Crippen LogP contribution in [0.5, 0.6) is 0 Å². The van der Waals surface area contributed by atoms with Crippen LogP contribution in [0.4, 0.5) is 11.6 Å². The Balaban J connectivity index is 1.41. The fourth-order valence-electron chi connectivity index (χ4n) is 3.66. The number of nitrogens with one attached hydrogen (secondary N) is 1. The van der Waals surface area contributed by atoms with E-state index in [2.05, 4.69) is 20.5 Å². The molecule has 0 atom stereocenters. The number of carbonyl (C=O) groups is 1. The van der Waals surface area contributed by atoms with Crippen molar-refractivity contribution in [1.82, 2.24) is 24.4 Å². The minimum absolute atomic E-state index is 0.246. The number of hydrogen-bond donors (Lipinski definition) is 2. The van der Waals surface area contributed by atoms with Gasteiger partial charge in [-0.3, -0.25) is 4.68 Å². The highest BCUT2D eigenvalue weighted by Crippen LogP contribution is 2.26. The summed E-state index contributed by atoms with van der Waals surface area (Å²) < 4.78 is 9.08. The van der Waals surface area contributed by atoms with Crippen molar-refractivity contribution in [3.8, 4) is 11.1 Å². The highest BCUT2D eigenvalue weighted by Gasteiger charge is 2.17. The molecule has 0 aliphatic carbocycles. The fraction of sp³-hybridized carbons (Fsp3) is 0.238. The second kappa shape index (κ2) is 7.60. The van der Waals surface area contributed by atoms with Gasteiger partial charge in [-0.15, -0.1) is 5.10 Å². The summed E-state index contributed by atoms with van der Waals surface area (Å²) in [7, 11) is 0. The molecule has 0 spiro atoms. The molecule has 1 aliphatic heterocycles. The van der Waals surface area contributed by atoms with E-state index in [1.807, 2.05) is 29.2 Å². The first-order valence-electron chi connectivity index (χ1n) is 9.75. The molecule has 4 heterocycles. The normalized spacial score (nSPS) is 14.8. The van der Waals surface area contributed by atoms with Gasteiger partial charge < -0.3 is 15.2 Å². The topological polar surface area (TPSA) is 107 Å². The zero-order valence-corrected chi connectivity index (χ0v) is 16.1. The van der Waals surface area contributed by atoms with Crippen LogP contribution in [-0.4, -0.2) is 48.7 Å². The van der Waals surface area contributed by atoms with E-state index in [0.29, 0.717) is 17.6 Å². The Hall–Kier alpha value is -3.72. The Morgan fingerprint density at radius 1 is 1.17 bits per heavy atom. The van der Waals surface area contributed by atoms with Gasteiger partial charge in [0, 0.05) is 31.2 Å². The molecule has 0 saturated carbocycles. The van der Waals surface area contributed by atoms with E-state index >= 15 is 0 Å². The predicted molar refractivity (Wildman–Crippen MR) is 110 cm³/mol. The number of anilines is 2. The van der Waals surface area contributed by atoms with Crippen LogP contribution in [0.1, 0.15) is 29.2 Å². The Morgan fingerprint density at radius 3 is 2.73 bits per heavy atom. The third kappa shape index (κ3) is 3.50. The molecular formula is C21H20N6O3. The monoisotopic (exact) mass is 404 g/mol. The van der Waals surface area contributed by atoms with E-state index in [1.165, 1.54) is 0 Å². The molecule has 4 aromatic rings. The summed E-state index contributed by atoms with van der Waals surface area (Å²) in [5.41, 5.74) is 3.49. The first kappa shape index (κ1) is 18.3. The molecule has 152 valence electrons. The Labute approximate surface area is 171 Å². The van der Waals surface area contributed by atoms with Crippen LogP contribution in [0.25, 0.3) is 16.8 Å². The molecule has 1 aromatic carbocycles. The summed E-state index contributed by atoms with van der Waals surface area (Å²) >= 11 is 0. The summed E-state index contributed by atoms with van der Waals surface area (Å²) in [6.45, 7) is 1.52. The number of nitrogens with zero attached hydrogens (tertiary/aromatic N) is 5. The summed E-state index contributed by atoms with van der Waals surface area (Å²) in [6, 6.07) is 10.9. The number of aromatic nitrogens is 5. The van der Waals surface area contributed by atoms with Crippen LogP contribution in [0, 0.1) is 0 Å². The lowest BCUT2D eigenvalue weighted by atomic mass is 10.1. The van der Waals surface area contributed by atoms with Gasteiger partial charge in [0.05, 0.1) is 23.5 Å². The number of pyridine rings is 1. The molecular weight excluding hydrogens is 384 g/mol. The van der Waals surface area contributed by atoms with E-state index < -0.39 is 5.97 Å². The molecule has 1 fully saturated rings. The maximum Gasteiger partial charge on any atom is 0.335 e. The van der Waals surface area contributed by atoms with Gasteiger partial charge in [0.15, 0.2) is 5.65 Å². The standard InChI is InChI=1S/C21H20N6O3/c28-20(29)15-5-3-14(4-6-15)18-2-1-9-26-19(18)24-21(25-26)23-16-12-22-27(13-16)17-7-10-30-11-8-17/h1-6,9,12-13,17H,7-8,10-11H2,(H,23,25)(H,28,29). The van der Waals surface area contributed by atoms with E-state index in [9.17, 15) is 4.79 Å². The quantitative estimate of drug-likeness (QED) is 0.525. The number of carboxylic acids is 1. The summed E-state index contributed by atoms with van der Waals surface area (Å²) in [4.78, 5) is 15.7. The average Bonchev–Trinajstić information content (AvgIpc) is 3.41. The predicted octanol–water partition coefficient (Wildman–Crippen LogP) is 3.39. The molecule has 5 rings (SSSR count). The van der Waals surface area contributed by atoms with Crippen molar-refractivity contribution in [2.45, 2.75) is 18.9 Å². The molecule has 1 aliphatic rings. The number of fused-ring (bicyclic) bond motifs is 1. The number of carboxylic acid groups (broad SMARTS) is 1. The molecule has 0 radical (unpaired) electrons. The lowest BCUT2D eigenvalue weighted by Crippen LogP contribution is -2.19. The number of ether oxygens (including phenoxy) is 1. The van der Waals surface area contributed by atoms with Gasteiger partial charge in [0.1, 0.15) is 0 Å². The van der Waals surface area contributed by atoms with Crippen LogP contribution in [0.15, 0.2) is 55.0 Å². The maximum atomic E-state index is 11.1. The minimum Gasteiger partial charge on any atom is -0.478 e. The summed E-state index contributed by atoms with van der Waals surface area (Å²) in [5, 5.41) is 21.3. The SMILES string of the molecule is O=C(O)c1ccc(-c2cccn3nc(Nc4cnn(C5CCOCC5)c4)nc23)cc1. The third-order valence-corrected chi connectivity index (χ3v) is 5.23. The number of benzene rings is 1. The van der Waals surface area contributed by atoms with Gasteiger partial charge in [-0.25, -0.2) is 9.31 Å². The van der Waals surface area contributed by atoms with Crippen molar-refractivity contribution >= 4 is 23.3 Å². The molecule has 2 N–H and O–H groups in total. The minimum atomic E-state index is -0.949. The van der Waals surface area contributed by atoms with Gasteiger partial charge in [-0.05, 0) is 42.7 Å². The molecule has 30 heavy (non-hydrogen) atoms. The highest BCUT2D eigenvalue weighted by molar-refractivity contribution is 5.89. The summed E-state index contributed by atoms with van der Waals surface area (Å²) in [6.07, 6.45) is 7.48. The maximum absolute atomic E-state index is 11.1. The van der Waals surface area contributed by atoms with Gasteiger partial charge in [-0.2, -0.15) is 10.1 Å². The van der Waals surface area contributed by atoms with Crippen LogP contribution >= 0.6 is 0 Å². The van der Waals surface area contributed by atoms with Crippen molar-refractivity contribution in [3.05, 3.63) is 60.6 Å². The van der Waals surface area contributed by atoms with Gasteiger partial charge >= 0.3 is 5.97 Å². The Kier molecular flexibility index (Phi) is 4.64. The molecule has 0 bridgehead atoms. The first-order valence-corrected chi connectivity index (χ1v) is 9.75. The fourth-order valence-corrected chi connectivity index (χ4v) is 3.66. The summed E-state index contributed by atoms with van der Waals surface area (Å²) in [5.74, 6) is -0.480. The van der Waals surface area contributed by atoms with Crippen LogP contribution in [-0.2, 0) is 4.74 Å². The largest absolute Gasteiger partial charge is 0.478 e. The molecule has 1 saturated heterocycles. The molecule has 9 heteroatoms. The van der Waals surface area contributed by atoms with Crippen molar-refractivity contribution < 1.29 is 14.6 Å². The second-order valence-electron chi connectivity index (χ2n) is 7.19. The van der Waals surface area contributed by atoms with Gasteiger partial charge in [0.2, 0.25) is 5.95 Å². The lowest BCUT2D eigenvalue weighted by molar-refractivity contribution is 0.0662. The highest BCUT2D eigenvalue weighted by atomic mass is 16.5. The van der Waals surface area contributed by atoms with Gasteiger partial charge in [0.25, 0.3) is 0 Å². The van der Waals surface area contributed by atoms with Gasteiger partial charge in [-0.1, -0.05) is 12.1 Å². The van der Waals surface area contributed by atoms with Crippen molar-refractivity contribution in [1.29, 1.82) is 0 Å². The number of hydrogen-bond acceptors (Lipinski definition) is 6. The van der Waals surface area contributed by atoms with Crippen LogP contribution < -0.4 is 5.32 Å². The average molecular weight is 404 g/mol. The number of rotatable bonds is 5. The molecule has 0 unspecified atom stereocenters. The third-order valence-electron chi connectivity index (χ3n) is 5.23. The zero-order chi connectivity index (χ0) is 20.5. The smallest absolute Gasteiger partial charge is 0.335 e. The van der Waals surface area contributed by atoms with Crippen LogP contribution in [0.3, 0.4) is 0 Å². The molecule has 9 nitrogen and oxygen atoms in total. The Morgan fingerprint density at radius 2 is 1.97 bits per heavy atom. The van der Waals surface area contributed by atoms with Crippen molar-refractivity contribution in [3.63, 3.8) is 0 Å². The Bertz CT molecular complexity index is 1190. The van der Waals surface area contributed by atoms with E-state index in [1.54, 1.807) is 35.0 Å². The lowest BCUT2D eigenvalue weighted by Gasteiger charge is -2.22. The zero-order valence-electron chi connectivity index (χ0n) is 16.1. The van der Waals surface area contributed by atoms with Crippen LogP contribution in [0.2, 0.25) is 0 Å². The van der Waals surface area contributed by atoms with E-state index in [-0.39, 0.29) is 5.56 Å². The van der Waals surface area contributed by atoms with Crippen molar-refractivity contribution in [2.24, 2.45) is 0 Å².